The van der Waals surface area contributed by atoms with Crippen molar-refractivity contribution in [1.82, 2.24) is 0 Å². The summed E-state index contributed by atoms with van der Waals surface area (Å²) in [5.74, 6) is -1.10. The minimum atomic E-state index is -0.626. The van der Waals surface area contributed by atoms with E-state index >= 15 is 0 Å². The minimum absolute atomic E-state index is 0.00296. The van der Waals surface area contributed by atoms with Crippen LogP contribution in [0.5, 0.6) is 0 Å². The zero-order valence-corrected chi connectivity index (χ0v) is 9.49. The zero-order valence-electron chi connectivity index (χ0n) is 9.49. The Labute approximate surface area is 89.9 Å². The van der Waals surface area contributed by atoms with Gasteiger partial charge in [-0.2, -0.15) is 0 Å². The number of carbonyl (C=O) groups excluding carboxylic acids is 2. The molecule has 0 aliphatic heterocycles. The Bertz CT molecular complexity index is 241. The van der Waals surface area contributed by atoms with Crippen molar-refractivity contribution in [3.63, 3.8) is 0 Å². The molecule has 0 aromatic carbocycles. The van der Waals surface area contributed by atoms with Gasteiger partial charge in [0, 0.05) is 19.4 Å². The molecule has 0 spiro atoms. The molecular formula is C11H18O4. The molecule has 3 unspecified atom stereocenters. The molecule has 86 valence electrons. The Balaban J connectivity index is 2.86. The van der Waals surface area contributed by atoms with Crippen molar-refractivity contribution >= 4 is 11.8 Å². The number of carbonyl (C=O) groups is 2. The van der Waals surface area contributed by atoms with E-state index in [9.17, 15) is 9.59 Å². The van der Waals surface area contributed by atoms with Gasteiger partial charge < -0.3 is 9.47 Å². The lowest BCUT2D eigenvalue weighted by molar-refractivity contribution is -0.157. The van der Waals surface area contributed by atoms with E-state index in [4.69, 9.17) is 4.74 Å². The van der Waals surface area contributed by atoms with Crippen LogP contribution in [-0.4, -0.2) is 32.1 Å². The van der Waals surface area contributed by atoms with Gasteiger partial charge in [-0.05, 0) is 12.8 Å². The maximum atomic E-state index is 11.7. The van der Waals surface area contributed by atoms with Gasteiger partial charge in [-0.1, -0.05) is 6.92 Å². The summed E-state index contributed by atoms with van der Waals surface area (Å²) in [6.45, 7) is 1.96. The first-order valence-corrected chi connectivity index (χ1v) is 5.29. The fourth-order valence-corrected chi connectivity index (χ4v) is 2.33. The standard InChI is InChI=1S/C11H18O4/c1-4-7-9(14-2)6-5-8(12)10(7)11(13)15-3/h7,9-10H,4-6H2,1-3H3. The first kappa shape index (κ1) is 12.2. The summed E-state index contributed by atoms with van der Waals surface area (Å²) in [7, 11) is 2.94. The fourth-order valence-electron chi connectivity index (χ4n) is 2.33. The SMILES string of the molecule is CCC1C(OC)CCC(=O)C1C(=O)OC. The van der Waals surface area contributed by atoms with Gasteiger partial charge in [0.05, 0.1) is 13.2 Å². The number of methoxy groups -OCH3 is 2. The van der Waals surface area contributed by atoms with Gasteiger partial charge in [-0.25, -0.2) is 0 Å². The van der Waals surface area contributed by atoms with E-state index in [-0.39, 0.29) is 17.8 Å². The second-order valence-electron chi connectivity index (χ2n) is 3.85. The van der Waals surface area contributed by atoms with E-state index in [1.54, 1.807) is 7.11 Å². The maximum Gasteiger partial charge on any atom is 0.316 e. The third kappa shape index (κ3) is 2.37. The van der Waals surface area contributed by atoms with Crippen LogP contribution in [0.15, 0.2) is 0 Å². The molecule has 0 saturated heterocycles. The van der Waals surface area contributed by atoms with E-state index in [0.29, 0.717) is 12.8 Å². The number of ether oxygens (including phenoxy) is 2. The Morgan fingerprint density at radius 1 is 1.47 bits per heavy atom. The summed E-state index contributed by atoms with van der Waals surface area (Å²) < 4.78 is 9.98. The molecule has 4 heteroatoms. The Morgan fingerprint density at radius 2 is 2.13 bits per heavy atom. The Hall–Kier alpha value is -0.900. The highest BCUT2D eigenvalue weighted by atomic mass is 16.5. The second-order valence-corrected chi connectivity index (χ2v) is 3.85. The molecule has 1 rings (SSSR count). The summed E-state index contributed by atoms with van der Waals surface area (Å²) >= 11 is 0. The van der Waals surface area contributed by atoms with Crippen molar-refractivity contribution in [3.8, 4) is 0 Å². The van der Waals surface area contributed by atoms with Crippen LogP contribution in [0.1, 0.15) is 26.2 Å². The number of hydrogen-bond donors (Lipinski definition) is 0. The van der Waals surface area contributed by atoms with Crippen molar-refractivity contribution in [2.24, 2.45) is 11.8 Å². The highest BCUT2D eigenvalue weighted by Gasteiger charge is 2.42. The third-order valence-electron chi connectivity index (χ3n) is 3.16. The van der Waals surface area contributed by atoms with Crippen molar-refractivity contribution in [1.29, 1.82) is 0 Å². The van der Waals surface area contributed by atoms with E-state index < -0.39 is 11.9 Å². The topological polar surface area (TPSA) is 52.6 Å². The molecule has 1 aliphatic carbocycles. The van der Waals surface area contributed by atoms with Crippen molar-refractivity contribution in [2.75, 3.05) is 14.2 Å². The van der Waals surface area contributed by atoms with Gasteiger partial charge in [-0.15, -0.1) is 0 Å². The van der Waals surface area contributed by atoms with Crippen molar-refractivity contribution < 1.29 is 19.1 Å². The summed E-state index contributed by atoms with van der Waals surface area (Å²) in [6, 6.07) is 0. The molecule has 0 heterocycles. The smallest absolute Gasteiger partial charge is 0.316 e. The van der Waals surface area contributed by atoms with Crippen LogP contribution < -0.4 is 0 Å². The molecule has 0 bridgehead atoms. The highest BCUT2D eigenvalue weighted by Crippen LogP contribution is 2.32. The Kier molecular flexibility index (Phi) is 4.27. The minimum Gasteiger partial charge on any atom is -0.468 e. The lowest BCUT2D eigenvalue weighted by Crippen LogP contribution is -2.43. The molecule has 15 heavy (non-hydrogen) atoms. The van der Waals surface area contributed by atoms with Gasteiger partial charge in [0.25, 0.3) is 0 Å². The van der Waals surface area contributed by atoms with Crippen LogP contribution in [0.3, 0.4) is 0 Å². The van der Waals surface area contributed by atoms with Crippen molar-refractivity contribution in [2.45, 2.75) is 32.3 Å². The van der Waals surface area contributed by atoms with E-state index in [0.717, 1.165) is 6.42 Å². The predicted molar refractivity (Wildman–Crippen MR) is 54.3 cm³/mol. The van der Waals surface area contributed by atoms with Crippen LogP contribution >= 0.6 is 0 Å². The summed E-state index contributed by atoms with van der Waals surface area (Å²) in [4.78, 5) is 23.2. The summed E-state index contributed by atoms with van der Waals surface area (Å²) in [6.07, 6.45) is 1.87. The number of rotatable bonds is 3. The molecule has 1 saturated carbocycles. The van der Waals surface area contributed by atoms with Gasteiger partial charge in [0.1, 0.15) is 11.7 Å². The normalized spacial score (nSPS) is 31.4. The van der Waals surface area contributed by atoms with Gasteiger partial charge in [0.15, 0.2) is 0 Å². The molecule has 0 amide bonds. The van der Waals surface area contributed by atoms with Crippen LogP contribution in [0.4, 0.5) is 0 Å². The predicted octanol–water partition coefficient (Wildman–Crippen LogP) is 1.18. The maximum absolute atomic E-state index is 11.7. The van der Waals surface area contributed by atoms with E-state index in [1.165, 1.54) is 7.11 Å². The third-order valence-corrected chi connectivity index (χ3v) is 3.16. The van der Waals surface area contributed by atoms with Gasteiger partial charge in [-0.3, -0.25) is 9.59 Å². The first-order valence-electron chi connectivity index (χ1n) is 5.29. The molecule has 1 fully saturated rings. The lowest BCUT2D eigenvalue weighted by Gasteiger charge is -2.34. The van der Waals surface area contributed by atoms with Crippen LogP contribution in [0, 0.1) is 11.8 Å². The summed E-state index contributed by atoms with van der Waals surface area (Å²) in [5.41, 5.74) is 0. The quantitative estimate of drug-likeness (QED) is 0.523. The monoisotopic (exact) mass is 214 g/mol. The second kappa shape index (κ2) is 5.26. The van der Waals surface area contributed by atoms with Crippen LogP contribution in [0.2, 0.25) is 0 Å². The number of esters is 1. The van der Waals surface area contributed by atoms with Gasteiger partial charge in [0.2, 0.25) is 0 Å². The molecule has 0 aromatic heterocycles. The van der Waals surface area contributed by atoms with Crippen LogP contribution in [-0.2, 0) is 19.1 Å². The molecule has 1 aliphatic rings. The first-order chi connectivity index (χ1) is 7.15. The van der Waals surface area contributed by atoms with E-state index in [2.05, 4.69) is 4.74 Å². The zero-order chi connectivity index (χ0) is 11.4. The number of hydrogen-bond acceptors (Lipinski definition) is 4. The fraction of sp³-hybridized carbons (Fsp3) is 0.818. The lowest BCUT2D eigenvalue weighted by atomic mass is 9.75. The van der Waals surface area contributed by atoms with Gasteiger partial charge >= 0.3 is 5.97 Å². The Morgan fingerprint density at radius 3 is 2.60 bits per heavy atom. The summed E-state index contributed by atoms with van der Waals surface area (Å²) in [5, 5.41) is 0. The number of Topliss-reactive ketones (excluding diaryl/α,β-unsaturated/α-hetero) is 1. The highest BCUT2D eigenvalue weighted by molar-refractivity contribution is 5.99. The number of ketones is 1. The molecule has 0 N–H and O–H groups in total. The van der Waals surface area contributed by atoms with Crippen LogP contribution in [0.25, 0.3) is 0 Å². The molecule has 0 radical (unpaired) electrons. The largest absolute Gasteiger partial charge is 0.468 e. The molecular weight excluding hydrogens is 196 g/mol. The molecule has 3 atom stereocenters. The van der Waals surface area contributed by atoms with Crippen molar-refractivity contribution in [3.05, 3.63) is 0 Å². The average molecular weight is 214 g/mol. The molecule has 0 aromatic rings. The molecule has 4 nitrogen and oxygen atoms in total. The average Bonchev–Trinajstić information content (AvgIpc) is 2.27. The van der Waals surface area contributed by atoms with E-state index in [1.807, 2.05) is 6.92 Å².